The van der Waals surface area contributed by atoms with E-state index in [1.165, 1.54) is 5.06 Å². The Balaban J connectivity index is 1.79. The molecule has 0 unspecified atom stereocenters. The maximum atomic E-state index is 11.9. The van der Waals surface area contributed by atoms with E-state index in [-0.39, 0.29) is 5.91 Å². The van der Waals surface area contributed by atoms with Gasteiger partial charge in [-0.25, -0.2) is 5.06 Å². The first-order chi connectivity index (χ1) is 8.75. The predicted octanol–water partition coefficient (Wildman–Crippen LogP) is 1.07. The highest BCUT2D eigenvalue weighted by Gasteiger charge is 2.18. The summed E-state index contributed by atoms with van der Waals surface area (Å²) < 4.78 is 0. The first-order valence-corrected chi connectivity index (χ1v) is 6.26. The maximum Gasteiger partial charge on any atom is 0.260 e. The van der Waals surface area contributed by atoms with Gasteiger partial charge in [0.15, 0.2) is 0 Å². The van der Waals surface area contributed by atoms with E-state index in [2.05, 4.69) is 4.98 Å². The Labute approximate surface area is 107 Å². The zero-order valence-electron chi connectivity index (χ0n) is 10.7. The molecule has 1 aromatic rings. The van der Waals surface area contributed by atoms with Crippen molar-refractivity contribution in [3.63, 3.8) is 0 Å². The van der Waals surface area contributed by atoms with Crippen LogP contribution in [0.3, 0.4) is 0 Å². The van der Waals surface area contributed by atoms with Gasteiger partial charge in [-0.05, 0) is 31.5 Å². The van der Waals surface area contributed by atoms with Gasteiger partial charge in [-0.2, -0.15) is 0 Å². The zero-order chi connectivity index (χ0) is 12.8. The number of nitrogens with zero attached hydrogens (tertiary/aromatic N) is 3. The highest BCUT2D eigenvalue weighted by Crippen LogP contribution is 2.07. The van der Waals surface area contributed by atoms with E-state index < -0.39 is 0 Å². The lowest BCUT2D eigenvalue weighted by atomic mass is 10.2. The third-order valence-electron chi connectivity index (χ3n) is 2.86. The number of amides is 1. The maximum absolute atomic E-state index is 11.9. The lowest BCUT2D eigenvalue weighted by molar-refractivity contribution is -0.197. The second-order valence-corrected chi connectivity index (χ2v) is 4.57. The average molecular weight is 249 g/mol. The first-order valence-electron chi connectivity index (χ1n) is 6.26. The van der Waals surface area contributed by atoms with Gasteiger partial charge in [0.2, 0.25) is 0 Å². The summed E-state index contributed by atoms with van der Waals surface area (Å²) in [7, 11) is 1.93. The largest absolute Gasteiger partial charge is 0.293 e. The topological polar surface area (TPSA) is 45.7 Å². The van der Waals surface area contributed by atoms with Crippen molar-refractivity contribution < 1.29 is 9.63 Å². The SMILES string of the molecule is CN(CC(=O)N1CCCCO1)Cc1cccnc1. The standard InChI is InChI=1S/C13H19N3O2/c1-15(10-12-5-4-6-14-9-12)11-13(17)16-7-2-3-8-18-16/h4-6,9H,2-3,7-8,10-11H2,1H3. The molecule has 1 fully saturated rings. The minimum Gasteiger partial charge on any atom is -0.293 e. The zero-order valence-corrected chi connectivity index (χ0v) is 10.7. The molecule has 2 heterocycles. The van der Waals surface area contributed by atoms with Crippen LogP contribution in [0.2, 0.25) is 0 Å². The van der Waals surface area contributed by atoms with Crippen LogP contribution in [0.25, 0.3) is 0 Å². The van der Waals surface area contributed by atoms with E-state index in [1.54, 1.807) is 6.20 Å². The Kier molecular flexibility index (Phi) is 4.66. The third-order valence-corrected chi connectivity index (χ3v) is 2.86. The molecule has 18 heavy (non-hydrogen) atoms. The van der Waals surface area contributed by atoms with Gasteiger partial charge < -0.3 is 0 Å². The van der Waals surface area contributed by atoms with Crippen molar-refractivity contribution in [2.45, 2.75) is 19.4 Å². The summed E-state index contributed by atoms with van der Waals surface area (Å²) in [5, 5.41) is 1.49. The van der Waals surface area contributed by atoms with Crippen molar-refractivity contribution in [1.29, 1.82) is 0 Å². The van der Waals surface area contributed by atoms with Gasteiger partial charge in [-0.1, -0.05) is 6.07 Å². The molecule has 0 aromatic carbocycles. The number of carbonyl (C=O) groups excluding carboxylic acids is 1. The van der Waals surface area contributed by atoms with Crippen LogP contribution in [0, 0.1) is 0 Å². The molecule has 1 amide bonds. The molecular formula is C13H19N3O2. The molecule has 0 atom stereocenters. The lowest BCUT2D eigenvalue weighted by Crippen LogP contribution is -2.41. The molecule has 0 saturated carbocycles. The van der Waals surface area contributed by atoms with E-state index >= 15 is 0 Å². The summed E-state index contributed by atoms with van der Waals surface area (Å²) in [6.45, 7) is 2.44. The van der Waals surface area contributed by atoms with E-state index in [0.29, 0.717) is 26.2 Å². The summed E-state index contributed by atoms with van der Waals surface area (Å²) in [4.78, 5) is 23.3. The fraction of sp³-hybridized carbons (Fsp3) is 0.538. The Morgan fingerprint density at radius 3 is 3.11 bits per heavy atom. The molecule has 98 valence electrons. The number of carbonyl (C=O) groups is 1. The van der Waals surface area contributed by atoms with Gasteiger partial charge in [0, 0.05) is 25.5 Å². The number of likely N-dealkylation sites (N-methyl/N-ethyl adjacent to an activating group) is 1. The van der Waals surface area contributed by atoms with Crippen LogP contribution in [0.1, 0.15) is 18.4 Å². The fourth-order valence-electron chi connectivity index (χ4n) is 1.96. The summed E-state index contributed by atoms with van der Waals surface area (Å²) in [6, 6.07) is 3.91. The van der Waals surface area contributed by atoms with Crippen LogP contribution in [-0.4, -0.2) is 47.6 Å². The Morgan fingerprint density at radius 1 is 1.56 bits per heavy atom. The van der Waals surface area contributed by atoms with Gasteiger partial charge in [0.25, 0.3) is 5.91 Å². The molecule has 2 rings (SSSR count). The van der Waals surface area contributed by atoms with Crippen LogP contribution in [0.5, 0.6) is 0 Å². The molecular weight excluding hydrogens is 230 g/mol. The first kappa shape index (κ1) is 13.0. The number of aromatic nitrogens is 1. The number of pyridine rings is 1. The van der Waals surface area contributed by atoms with Gasteiger partial charge in [0.1, 0.15) is 0 Å². The van der Waals surface area contributed by atoms with Crippen LogP contribution in [0.15, 0.2) is 24.5 Å². The highest BCUT2D eigenvalue weighted by atomic mass is 16.7. The van der Waals surface area contributed by atoms with Crippen LogP contribution in [-0.2, 0) is 16.2 Å². The van der Waals surface area contributed by atoms with Crippen molar-refractivity contribution >= 4 is 5.91 Å². The number of rotatable bonds is 4. The number of hydrogen-bond acceptors (Lipinski definition) is 4. The Hall–Kier alpha value is -1.46. The quantitative estimate of drug-likeness (QED) is 0.800. The molecule has 0 bridgehead atoms. The Bertz CT molecular complexity index is 377. The van der Waals surface area contributed by atoms with Crippen molar-refractivity contribution in [2.75, 3.05) is 26.7 Å². The Morgan fingerprint density at radius 2 is 2.44 bits per heavy atom. The second-order valence-electron chi connectivity index (χ2n) is 4.57. The van der Waals surface area contributed by atoms with Gasteiger partial charge in [-0.15, -0.1) is 0 Å². The summed E-state index contributed by atoms with van der Waals surface area (Å²) in [5.74, 6) is 0.0288. The number of hydrogen-bond donors (Lipinski definition) is 0. The molecule has 5 nitrogen and oxygen atoms in total. The summed E-state index contributed by atoms with van der Waals surface area (Å²) in [5.41, 5.74) is 1.10. The molecule has 0 N–H and O–H groups in total. The third kappa shape index (κ3) is 3.78. The van der Waals surface area contributed by atoms with Crippen molar-refractivity contribution in [2.24, 2.45) is 0 Å². The monoisotopic (exact) mass is 249 g/mol. The molecule has 1 aliphatic heterocycles. The van der Waals surface area contributed by atoms with Crippen molar-refractivity contribution in [3.05, 3.63) is 30.1 Å². The highest BCUT2D eigenvalue weighted by molar-refractivity contribution is 5.77. The lowest BCUT2D eigenvalue weighted by Gasteiger charge is -2.27. The number of hydroxylamine groups is 2. The molecule has 0 aliphatic carbocycles. The van der Waals surface area contributed by atoms with E-state index in [4.69, 9.17) is 4.84 Å². The second kappa shape index (κ2) is 6.47. The average Bonchev–Trinajstić information content (AvgIpc) is 2.40. The minimum absolute atomic E-state index is 0.0288. The van der Waals surface area contributed by atoms with E-state index in [9.17, 15) is 4.79 Å². The molecule has 5 heteroatoms. The van der Waals surface area contributed by atoms with Crippen molar-refractivity contribution in [3.8, 4) is 0 Å². The van der Waals surface area contributed by atoms with Crippen LogP contribution < -0.4 is 0 Å². The normalized spacial score (nSPS) is 16.0. The van der Waals surface area contributed by atoms with Gasteiger partial charge in [-0.3, -0.25) is 19.5 Å². The summed E-state index contributed by atoms with van der Waals surface area (Å²) in [6.07, 6.45) is 5.63. The van der Waals surface area contributed by atoms with E-state index in [0.717, 1.165) is 18.4 Å². The van der Waals surface area contributed by atoms with Gasteiger partial charge >= 0.3 is 0 Å². The van der Waals surface area contributed by atoms with Crippen molar-refractivity contribution in [1.82, 2.24) is 14.9 Å². The molecule has 1 saturated heterocycles. The molecule has 1 aromatic heterocycles. The van der Waals surface area contributed by atoms with Crippen LogP contribution in [0.4, 0.5) is 0 Å². The minimum atomic E-state index is 0.0288. The fourth-order valence-corrected chi connectivity index (χ4v) is 1.96. The molecule has 1 aliphatic rings. The molecule has 0 radical (unpaired) electrons. The summed E-state index contributed by atoms with van der Waals surface area (Å²) >= 11 is 0. The molecule has 0 spiro atoms. The smallest absolute Gasteiger partial charge is 0.260 e. The van der Waals surface area contributed by atoms with E-state index in [1.807, 2.05) is 30.3 Å². The van der Waals surface area contributed by atoms with Crippen LogP contribution >= 0.6 is 0 Å². The predicted molar refractivity (Wildman–Crippen MR) is 67.5 cm³/mol. The van der Waals surface area contributed by atoms with Gasteiger partial charge in [0.05, 0.1) is 13.2 Å².